The average molecular weight is 518 g/mol. The summed E-state index contributed by atoms with van der Waals surface area (Å²) in [7, 11) is 0. The van der Waals surface area contributed by atoms with Crippen LogP contribution < -0.4 is 10.6 Å². The molecule has 0 aliphatic carbocycles. The van der Waals surface area contributed by atoms with E-state index in [9.17, 15) is 19.5 Å². The average Bonchev–Trinajstić information content (AvgIpc) is 2.75. The lowest BCUT2D eigenvalue weighted by Gasteiger charge is -2.33. The molecule has 0 heterocycles. The number of nitrogens with one attached hydrogen (secondary N) is 2. The smallest absolute Gasteiger partial charge is 0.408 e. The van der Waals surface area contributed by atoms with Gasteiger partial charge < -0.3 is 25.4 Å². The molecule has 0 aliphatic heterocycles. The highest BCUT2D eigenvalue weighted by Gasteiger charge is 2.36. The molecule has 0 saturated heterocycles. The molecule has 0 fully saturated rings. The molecule has 0 aromatic heterocycles. The number of halogens is 1. The van der Waals surface area contributed by atoms with Gasteiger partial charge in [-0.25, -0.2) is 4.79 Å². The van der Waals surface area contributed by atoms with Crippen molar-refractivity contribution < 1.29 is 24.2 Å². The van der Waals surface area contributed by atoms with Crippen LogP contribution in [0.2, 0.25) is 5.02 Å². The Hall–Kier alpha value is -3.10. The molecular formula is C27H36ClN3O5. The van der Waals surface area contributed by atoms with Gasteiger partial charge in [0.25, 0.3) is 5.91 Å². The fourth-order valence-corrected chi connectivity index (χ4v) is 4.19. The van der Waals surface area contributed by atoms with E-state index < -0.39 is 42.2 Å². The summed E-state index contributed by atoms with van der Waals surface area (Å²) in [6.07, 6.45) is -0.843. The molecule has 2 aromatic carbocycles. The van der Waals surface area contributed by atoms with Crippen molar-refractivity contribution in [1.82, 2.24) is 10.2 Å². The van der Waals surface area contributed by atoms with Crippen molar-refractivity contribution in [3.8, 4) is 0 Å². The van der Waals surface area contributed by atoms with Gasteiger partial charge in [0.1, 0.15) is 17.7 Å². The molecular weight excluding hydrogens is 482 g/mol. The first kappa shape index (κ1) is 29.1. The number of carbonyl (C=O) groups excluding carboxylic acids is 3. The Labute approximate surface area is 218 Å². The van der Waals surface area contributed by atoms with E-state index in [0.717, 1.165) is 16.7 Å². The third-order valence-corrected chi connectivity index (χ3v) is 5.70. The quantitative estimate of drug-likeness (QED) is 0.471. The lowest BCUT2D eigenvalue weighted by Crippen LogP contribution is -2.53. The van der Waals surface area contributed by atoms with Gasteiger partial charge in [0.2, 0.25) is 5.91 Å². The number of carbonyl (C=O) groups is 3. The second-order valence-electron chi connectivity index (χ2n) is 9.75. The van der Waals surface area contributed by atoms with Crippen molar-refractivity contribution in [2.45, 2.75) is 66.2 Å². The lowest BCUT2D eigenvalue weighted by atomic mass is 9.98. The van der Waals surface area contributed by atoms with Gasteiger partial charge in [-0.2, -0.15) is 0 Å². The van der Waals surface area contributed by atoms with Crippen LogP contribution in [0.4, 0.5) is 10.5 Å². The van der Waals surface area contributed by atoms with Crippen molar-refractivity contribution in [1.29, 1.82) is 0 Å². The minimum absolute atomic E-state index is 0.137. The molecule has 3 N–H and O–H groups in total. The van der Waals surface area contributed by atoms with E-state index in [0.29, 0.717) is 16.3 Å². The molecule has 2 atom stereocenters. The number of para-hydroxylation sites is 1. The highest BCUT2D eigenvalue weighted by Crippen LogP contribution is 2.30. The van der Waals surface area contributed by atoms with Crippen molar-refractivity contribution in [2.24, 2.45) is 0 Å². The van der Waals surface area contributed by atoms with Crippen LogP contribution in [0.1, 0.15) is 56.0 Å². The van der Waals surface area contributed by atoms with Crippen molar-refractivity contribution in [3.05, 3.63) is 63.7 Å². The van der Waals surface area contributed by atoms with E-state index in [1.165, 1.54) is 4.90 Å². The number of benzene rings is 2. The highest BCUT2D eigenvalue weighted by atomic mass is 35.5. The summed E-state index contributed by atoms with van der Waals surface area (Å²) in [5.41, 5.74) is 2.87. The largest absolute Gasteiger partial charge is 0.444 e. The van der Waals surface area contributed by atoms with Crippen LogP contribution >= 0.6 is 11.6 Å². The normalized spacial score (nSPS) is 12.9. The molecule has 0 aliphatic rings. The monoisotopic (exact) mass is 517 g/mol. The first-order chi connectivity index (χ1) is 16.8. The van der Waals surface area contributed by atoms with E-state index in [1.54, 1.807) is 39.8 Å². The maximum absolute atomic E-state index is 13.7. The topological polar surface area (TPSA) is 108 Å². The number of hydrogen-bond acceptors (Lipinski definition) is 5. The standard InChI is InChI=1S/C27H36ClN3O5/c1-8-31(25(34)21(15-32)29-26(35)36-27(5,6)7)23(19-13-16(2)12-17(3)14-19)24(33)30-22-18(4)10-9-11-20(22)28/h9-14,21,23,32H,8,15H2,1-7H3,(H,29,35)(H,30,33). The lowest BCUT2D eigenvalue weighted by molar-refractivity contribution is -0.141. The van der Waals surface area contributed by atoms with Gasteiger partial charge in [-0.15, -0.1) is 0 Å². The molecule has 0 bridgehead atoms. The predicted octanol–water partition coefficient (Wildman–Crippen LogP) is 4.68. The number of anilines is 1. The van der Waals surface area contributed by atoms with Gasteiger partial charge in [0, 0.05) is 6.54 Å². The maximum atomic E-state index is 13.7. The molecule has 0 saturated carbocycles. The van der Waals surface area contributed by atoms with Crippen LogP contribution in [0.25, 0.3) is 0 Å². The Morgan fingerprint density at radius 2 is 1.69 bits per heavy atom. The number of aliphatic hydroxyl groups excluding tert-OH is 1. The number of nitrogens with zero attached hydrogens (tertiary/aromatic N) is 1. The Bertz CT molecular complexity index is 1070. The number of aliphatic hydroxyl groups is 1. The molecule has 0 spiro atoms. The molecule has 9 heteroatoms. The number of amides is 3. The number of aryl methyl sites for hydroxylation is 3. The zero-order chi connectivity index (χ0) is 27.2. The van der Waals surface area contributed by atoms with Gasteiger partial charge in [-0.1, -0.05) is 53.1 Å². The van der Waals surface area contributed by atoms with E-state index in [1.807, 2.05) is 45.0 Å². The van der Waals surface area contributed by atoms with Crippen molar-refractivity contribution in [2.75, 3.05) is 18.5 Å². The van der Waals surface area contributed by atoms with Crippen LogP contribution in [0.5, 0.6) is 0 Å². The van der Waals surface area contributed by atoms with Crippen LogP contribution in [0, 0.1) is 20.8 Å². The molecule has 8 nitrogen and oxygen atoms in total. The molecule has 3 amide bonds. The van der Waals surface area contributed by atoms with Gasteiger partial charge in [-0.05, 0) is 65.7 Å². The molecule has 36 heavy (non-hydrogen) atoms. The Balaban J connectivity index is 2.49. The highest BCUT2D eigenvalue weighted by molar-refractivity contribution is 6.34. The minimum atomic E-state index is -1.30. The van der Waals surface area contributed by atoms with Gasteiger partial charge >= 0.3 is 6.09 Å². The third-order valence-electron chi connectivity index (χ3n) is 5.39. The second-order valence-corrected chi connectivity index (χ2v) is 10.2. The first-order valence-corrected chi connectivity index (χ1v) is 12.2. The summed E-state index contributed by atoms with van der Waals surface area (Å²) in [4.78, 5) is 40.9. The van der Waals surface area contributed by atoms with Crippen molar-refractivity contribution >= 4 is 35.2 Å². The zero-order valence-corrected chi connectivity index (χ0v) is 22.7. The molecule has 0 radical (unpaired) electrons. The zero-order valence-electron chi connectivity index (χ0n) is 21.9. The van der Waals surface area contributed by atoms with E-state index in [4.69, 9.17) is 16.3 Å². The second kappa shape index (κ2) is 12.2. The Morgan fingerprint density at radius 3 is 2.19 bits per heavy atom. The van der Waals surface area contributed by atoms with Crippen LogP contribution in [0.15, 0.2) is 36.4 Å². The number of alkyl carbamates (subject to hydrolysis) is 1. The number of rotatable bonds is 8. The number of hydrogen-bond donors (Lipinski definition) is 3. The van der Waals surface area contributed by atoms with E-state index in [-0.39, 0.29) is 6.54 Å². The van der Waals surface area contributed by atoms with E-state index >= 15 is 0 Å². The minimum Gasteiger partial charge on any atom is -0.444 e. The summed E-state index contributed by atoms with van der Waals surface area (Å²) < 4.78 is 5.24. The summed E-state index contributed by atoms with van der Waals surface area (Å²) in [5.74, 6) is -1.10. The van der Waals surface area contributed by atoms with Crippen molar-refractivity contribution in [3.63, 3.8) is 0 Å². The summed E-state index contributed by atoms with van der Waals surface area (Å²) in [5, 5.41) is 15.6. The van der Waals surface area contributed by atoms with Crippen LogP contribution in [-0.4, -0.2) is 52.7 Å². The Kier molecular flexibility index (Phi) is 9.90. The summed E-state index contributed by atoms with van der Waals surface area (Å²) in [6.45, 7) is 11.9. The fraction of sp³-hybridized carbons (Fsp3) is 0.444. The molecule has 2 aromatic rings. The fourth-order valence-electron chi connectivity index (χ4n) is 3.92. The van der Waals surface area contributed by atoms with Gasteiger partial charge in [-0.3, -0.25) is 9.59 Å². The third kappa shape index (κ3) is 7.70. The van der Waals surface area contributed by atoms with Gasteiger partial charge in [0.15, 0.2) is 0 Å². The van der Waals surface area contributed by atoms with Crippen LogP contribution in [0.3, 0.4) is 0 Å². The first-order valence-electron chi connectivity index (χ1n) is 11.8. The predicted molar refractivity (Wildman–Crippen MR) is 141 cm³/mol. The molecule has 2 unspecified atom stereocenters. The van der Waals surface area contributed by atoms with Crippen LogP contribution in [-0.2, 0) is 14.3 Å². The Morgan fingerprint density at radius 1 is 1.08 bits per heavy atom. The van der Waals surface area contributed by atoms with E-state index in [2.05, 4.69) is 10.6 Å². The molecule has 196 valence electrons. The molecule has 2 rings (SSSR count). The number of ether oxygens (including phenoxy) is 1. The summed E-state index contributed by atoms with van der Waals surface area (Å²) in [6, 6.07) is 8.56. The number of likely N-dealkylation sites (N-methyl/N-ethyl adjacent to an activating group) is 1. The maximum Gasteiger partial charge on any atom is 0.408 e. The SMILES string of the molecule is CCN(C(=O)C(CO)NC(=O)OC(C)(C)C)C(C(=O)Nc1c(C)cccc1Cl)c1cc(C)cc(C)c1. The summed E-state index contributed by atoms with van der Waals surface area (Å²) >= 11 is 6.34. The van der Waals surface area contributed by atoms with Gasteiger partial charge in [0.05, 0.1) is 17.3 Å².